The van der Waals surface area contributed by atoms with Crippen molar-refractivity contribution in [1.82, 2.24) is 19.8 Å². The van der Waals surface area contributed by atoms with Gasteiger partial charge in [-0.1, -0.05) is 24.3 Å². The van der Waals surface area contributed by atoms with E-state index >= 15 is 0 Å². The maximum absolute atomic E-state index is 12.6. The first-order valence-corrected chi connectivity index (χ1v) is 9.82. The summed E-state index contributed by atoms with van der Waals surface area (Å²) in [5.41, 5.74) is 2.76. The monoisotopic (exact) mass is 392 g/mol. The van der Waals surface area contributed by atoms with E-state index in [-0.39, 0.29) is 17.7 Å². The summed E-state index contributed by atoms with van der Waals surface area (Å²) in [5, 5.41) is 3.02. The second-order valence-electron chi connectivity index (χ2n) is 7.37. The van der Waals surface area contributed by atoms with Gasteiger partial charge in [0.1, 0.15) is 6.26 Å². The number of hydrogen-bond acceptors (Lipinski definition) is 4. The number of hydrogen-bond donors (Lipinski definition) is 1. The van der Waals surface area contributed by atoms with Crippen LogP contribution in [0.3, 0.4) is 0 Å². The largest absolute Gasteiger partial charge is 0.472 e. The Bertz CT molecular complexity index is 933. The first kappa shape index (κ1) is 19.0. The third kappa shape index (κ3) is 4.74. The number of nitrogens with zero attached hydrogens (tertiary/aromatic N) is 3. The van der Waals surface area contributed by atoms with Crippen molar-refractivity contribution in [3.8, 4) is 0 Å². The van der Waals surface area contributed by atoms with Crippen LogP contribution < -0.4 is 5.32 Å². The fraction of sp³-hybridized carbons (Fsp3) is 0.318. The number of carbonyl (C=O) groups is 2. The highest BCUT2D eigenvalue weighted by Crippen LogP contribution is 2.19. The van der Waals surface area contributed by atoms with Crippen molar-refractivity contribution in [2.75, 3.05) is 13.1 Å². The lowest BCUT2D eigenvalue weighted by molar-refractivity contribution is -0.126. The fourth-order valence-electron chi connectivity index (χ4n) is 3.63. The number of nitrogens with one attached hydrogen (secondary N) is 1. The summed E-state index contributed by atoms with van der Waals surface area (Å²) in [5.74, 6) is -0.262. The minimum absolute atomic E-state index is 0.00261. The molecule has 0 bridgehead atoms. The van der Waals surface area contributed by atoms with Gasteiger partial charge in [-0.25, -0.2) is 4.98 Å². The average Bonchev–Trinajstić information content (AvgIpc) is 3.47. The third-order valence-electron chi connectivity index (χ3n) is 5.26. The third-order valence-corrected chi connectivity index (χ3v) is 5.26. The van der Waals surface area contributed by atoms with Crippen LogP contribution in [0.5, 0.6) is 0 Å². The van der Waals surface area contributed by atoms with E-state index in [1.54, 1.807) is 23.5 Å². The molecule has 2 amide bonds. The van der Waals surface area contributed by atoms with E-state index in [9.17, 15) is 9.59 Å². The Labute approximate surface area is 169 Å². The summed E-state index contributed by atoms with van der Waals surface area (Å²) in [6.45, 7) is 2.37. The molecule has 0 radical (unpaired) electrons. The zero-order chi connectivity index (χ0) is 20.1. The maximum atomic E-state index is 12.6. The number of piperidine rings is 1. The summed E-state index contributed by atoms with van der Waals surface area (Å²) >= 11 is 0. The minimum Gasteiger partial charge on any atom is -0.472 e. The van der Waals surface area contributed by atoms with Gasteiger partial charge in [0, 0.05) is 38.6 Å². The van der Waals surface area contributed by atoms with Crippen LogP contribution in [0.2, 0.25) is 0 Å². The quantitative estimate of drug-likeness (QED) is 0.699. The number of benzene rings is 1. The molecule has 29 heavy (non-hydrogen) atoms. The lowest BCUT2D eigenvalue weighted by Gasteiger charge is -2.31. The molecule has 4 rings (SSSR count). The van der Waals surface area contributed by atoms with E-state index in [2.05, 4.69) is 22.4 Å². The summed E-state index contributed by atoms with van der Waals surface area (Å²) in [4.78, 5) is 30.9. The van der Waals surface area contributed by atoms with Crippen LogP contribution in [0.1, 0.15) is 34.3 Å². The maximum Gasteiger partial charge on any atom is 0.257 e. The van der Waals surface area contributed by atoms with E-state index in [0.717, 1.165) is 24.9 Å². The van der Waals surface area contributed by atoms with Crippen molar-refractivity contribution in [1.29, 1.82) is 0 Å². The molecule has 2 aromatic heterocycles. The molecule has 0 saturated carbocycles. The van der Waals surface area contributed by atoms with Crippen LogP contribution in [0, 0.1) is 5.92 Å². The first-order valence-electron chi connectivity index (χ1n) is 9.82. The molecule has 3 aromatic rings. The molecule has 1 aliphatic rings. The van der Waals surface area contributed by atoms with Gasteiger partial charge in [0.2, 0.25) is 5.91 Å². The Morgan fingerprint density at radius 3 is 2.72 bits per heavy atom. The zero-order valence-electron chi connectivity index (χ0n) is 16.2. The Balaban J connectivity index is 1.28. The van der Waals surface area contributed by atoms with Crippen molar-refractivity contribution >= 4 is 11.8 Å². The van der Waals surface area contributed by atoms with Gasteiger partial charge in [-0.05, 0) is 30.0 Å². The van der Waals surface area contributed by atoms with Gasteiger partial charge >= 0.3 is 0 Å². The molecule has 7 nitrogen and oxygen atoms in total. The molecule has 0 aliphatic carbocycles. The summed E-state index contributed by atoms with van der Waals surface area (Å²) in [6.07, 6.45) is 10.0. The van der Waals surface area contributed by atoms with E-state index in [1.165, 1.54) is 18.1 Å². The van der Waals surface area contributed by atoms with E-state index in [1.807, 2.05) is 22.9 Å². The molecular formula is C22H24N4O3. The number of amides is 2. The molecule has 1 saturated heterocycles. The molecule has 7 heteroatoms. The Morgan fingerprint density at radius 2 is 2.00 bits per heavy atom. The summed E-state index contributed by atoms with van der Waals surface area (Å²) < 4.78 is 7.00. The predicted molar refractivity (Wildman–Crippen MR) is 107 cm³/mol. The normalized spacial score (nSPS) is 16.6. The molecule has 3 heterocycles. The molecule has 1 atom stereocenters. The van der Waals surface area contributed by atoms with Crippen LogP contribution in [-0.4, -0.2) is 39.4 Å². The van der Waals surface area contributed by atoms with Gasteiger partial charge in [-0.2, -0.15) is 0 Å². The molecular weight excluding hydrogens is 368 g/mol. The van der Waals surface area contributed by atoms with Crippen molar-refractivity contribution in [2.24, 2.45) is 5.92 Å². The molecule has 1 fully saturated rings. The predicted octanol–water partition coefficient (Wildman–Crippen LogP) is 2.69. The standard InChI is InChI=1S/C22H24N4O3/c27-21(19-2-1-9-26(14-19)22(28)20-7-11-29-15-20)24-12-17-3-5-18(6-4-17)13-25-10-8-23-16-25/h3-8,10-11,15-16,19H,1-2,9,12-14H2,(H,24,27). The number of furan rings is 1. The highest BCUT2D eigenvalue weighted by Gasteiger charge is 2.29. The summed E-state index contributed by atoms with van der Waals surface area (Å²) in [6, 6.07) is 9.84. The fourth-order valence-corrected chi connectivity index (χ4v) is 3.63. The number of likely N-dealkylation sites (tertiary alicyclic amines) is 1. The van der Waals surface area contributed by atoms with E-state index in [0.29, 0.717) is 25.2 Å². The van der Waals surface area contributed by atoms with Crippen LogP contribution >= 0.6 is 0 Å². The lowest BCUT2D eigenvalue weighted by Crippen LogP contribution is -2.45. The number of rotatable bonds is 6. The Morgan fingerprint density at radius 1 is 1.17 bits per heavy atom. The minimum atomic E-state index is -0.180. The van der Waals surface area contributed by atoms with E-state index in [4.69, 9.17) is 4.42 Å². The molecule has 1 aromatic carbocycles. The molecule has 150 valence electrons. The second-order valence-corrected chi connectivity index (χ2v) is 7.37. The number of imidazole rings is 1. The van der Waals surface area contributed by atoms with E-state index < -0.39 is 0 Å². The second kappa shape index (κ2) is 8.77. The highest BCUT2D eigenvalue weighted by atomic mass is 16.3. The SMILES string of the molecule is O=C(NCc1ccc(Cn2ccnc2)cc1)C1CCCN(C(=O)c2ccoc2)C1. The van der Waals surface area contributed by atoms with Crippen LogP contribution in [0.4, 0.5) is 0 Å². The molecule has 1 unspecified atom stereocenters. The molecule has 1 N–H and O–H groups in total. The van der Waals surface area contributed by atoms with Crippen LogP contribution in [0.15, 0.2) is 66.0 Å². The highest BCUT2D eigenvalue weighted by molar-refractivity contribution is 5.94. The van der Waals surface area contributed by atoms with Gasteiger partial charge in [0.05, 0.1) is 24.1 Å². The van der Waals surface area contributed by atoms with Crippen LogP contribution in [0.25, 0.3) is 0 Å². The zero-order valence-corrected chi connectivity index (χ0v) is 16.2. The Hall–Kier alpha value is -3.35. The molecule has 1 aliphatic heterocycles. The topological polar surface area (TPSA) is 80.4 Å². The first-order chi connectivity index (χ1) is 14.2. The van der Waals surface area contributed by atoms with Crippen molar-refractivity contribution in [3.05, 3.63) is 78.3 Å². The lowest BCUT2D eigenvalue weighted by atomic mass is 9.96. The van der Waals surface area contributed by atoms with Gasteiger partial charge in [-0.3, -0.25) is 9.59 Å². The Kier molecular flexibility index (Phi) is 5.74. The smallest absolute Gasteiger partial charge is 0.257 e. The average molecular weight is 392 g/mol. The molecule has 0 spiro atoms. The number of carbonyl (C=O) groups excluding carboxylic acids is 2. The van der Waals surface area contributed by atoms with Crippen LogP contribution in [-0.2, 0) is 17.9 Å². The van der Waals surface area contributed by atoms with Crippen molar-refractivity contribution in [3.63, 3.8) is 0 Å². The van der Waals surface area contributed by atoms with Gasteiger partial charge < -0.3 is 19.2 Å². The van der Waals surface area contributed by atoms with Gasteiger partial charge in [-0.15, -0.1) is 0 Å². The van der Waals surface area contributed by atoms with Gasteiger partial charge in [0.25, 0.3) is 5.91 Å². The number of aromatic nitrogens is 2. The van der Waals surface area contributed by atoms with Gasteiger partial charge in [0.15, 0.2) is 0 Å². The summed E-state index contributed by atoms with van der Waals surface area (Å²) in [7, 11) is 0. The van der Waals surface area contributed by atoms with Crippen molar-refractivity contribution in [2.45, 2.75) is 25.9 Å². The van der Waals surface area contributed by atoms with Crippen molar-refractivity contribution < 1.29 is 14.0 Å².